The normalized spacial score (nSPS) is 10.4. The van der Waals surface area contributed by atoms with Gasteiger partial charge in [0.15, 0.2) is 5.82 Å². The third-order valence-electron chi connectivity index (χ3n) is 2.58. The fourth-order valence-electron chi connectivity index (χ4n) is 1.54. The van der Waals surface area contributed by atoms with E-state index in [1.807, 2.05) is 32.0 Å². The number of hydrogen-bond acceptors (Lipinski definition) is 4. The molecule has 0 aliphatic heterocycles. The number of nitrogens with zero attached hydrogens (tertiary/aromatic N) is 1. The van der Waals surface area contributed by atoms with E-state index in [2.05, 4.69) is 10.4 Å². The number of nitrogen functional groups attached to an aromatic ring is 1. The molecule has 0 spiro atoms. The quantitative estimate of drug-likeness (QED) is 0.662. The van der Waals surface area contributed by atoms with Crippen LogP contribution in [0.4, 0.5) is 5.82 Å². The molecule has 0 amide bonds. The maximum Gasteiger partial charge on any atom is 0.240 e. The monoisotopic (exact) mass is 297 g/mol. The number of aryl methyl sites for hydroxylation is 2. The van der Waals surface area contributed by atoms with Crippen LogP contribution in [0.25, 0.3) is 0 Å². The van der Waals surface area contributed by atoms with E-state index in [0.717, 1.165) is 11.1 Å². The van der Waals surface area contributed by atoms with Gasteiger partial charge in [-0.15, -0.1) is 0 Å². The minimum Gasteiger partial charge on any atom is -0.437 e. The van der Waals surface area contributed by atoms with Crippen LogP contribution in [-0.4, -0.2) is 4.98 Å². The van der Waals surface area contributed by atoms with Crippen molar-refractivity contribution in [3.8, 4) is 11.6 Å². The summed E-state index contributed by atoms with van der Waals surface area (Å²) in [5.41, 5.74) is 4.47. The molecule has 0 saturated carbocycles. The van der Waals surface area contributed by atoms with Crippen LogP contribution in [-0.2, 0) is 0 Å². The Kier molecular flexibility index (Phi) is 4.14. The summed E-state index contributed by atoms with van der Waals surface area (Å²) in [5, 5.41) is 0.658. The SMILES string of the molecule is Cc1ccc(C)c(Oc2nc(NN)c(Cl)cc2Cl)c1. The molecule has 0 saturated heterocycles. The van der Waals surface area contributed by atoms with Crippen LogP contribution < -0.4 is 16.0 Å². The van der Waals surface area contributed by atoms with Crippen molar-refractivity contribution in [2.75, 3.05) is 5.43 Å². The van der Waals surface area contributed by atoms with Crippen LogP contribution in [0.2, 0.25) is 10.0 Å². The lowest BCUT2D eigenvalue weighted by atomic mass is 10.1. The molecule has 0 aliphatic carbocycles. The van der Waals surface area contributed by atoms with Crippen LogP contribution in [0.5, 0.6) is 11.6 Å². The second-order valence-corrected chi connectivity index (χ2v) is 4.94. The number of anilines is 1. The molecule has 1 aromatic heterocycles. The van der Waals surface area contributed by atoms with Gasteiger partial charge in [-0.3, -0.25) is 0 Å². The molecule has 2 rings (SSSR count). The summed E-state index contributed by atoms with van der Waals surface area (Å²) >= 11 is 12.0. The molecule has 0 bridgehead atoms. The van der Waals surface area contributed by atoms with Crippen molar-refractivity contribution >= 4 is 29.0 Å². The van der Waals surface area contributed by atoms with Gasteiger partial charge in [-0.25, -0.2) is 5.84 Å². The van der Waals surface area contributed by atoms with Gasteiger partial charge in [-0.05, 0) is 37.1 Å². The van der Waals surface area contributed by atoms with E-state index in [9.17, 15) is 0 Å². The smallest absolute Gasteiger partial charge is 0.240 e. The molecule has 0 radical (unpaired) electrons. The van der Waals surface area contributed by atoms with E-state index in [0.29, 0.717) is 21.6 Å². The first kappa shape index (κ1) is 13.9. The summed E-state index contributed by atoms with van der Waals surface area (Å²) in [5.74, 6) is 6.58. The lowest BCUT2D eigenvalue weighted by molar-refractivity contribution is 0.460. The van der Waals surface area contributed by atoms with Crippen molar-refractivity contribution in [3.05, 3.63) is 45.4 Å². The first-order chi connectivity index (χ1) is 9.01. The number of benzene rings is 1. The molecule has 3 N–H and O–H groups in total. The summed E-state index contributed by atoms with van der Waals surface area (Å²) in [6, 6.07) is 7.42. The van der Waals surface area contributed by atoms with Crippen molar-refractivity contribution < 1.29 is 4.74 Å². The lowest BCUT2D eigenvalue weighted by Gasteiger charge is -2.12. The summed E-state index contributed by atoms with van der Waals surface area (Å²) in [6.45, 7) is 3.93. The second kappa shape index (κ2) is 5.65. The maximum absolute atomic E-state index is 6.06. The van der Waals surface area contributed by atoms with Gasteiger partial charge in [0.2, 0.25) is 5.88 Å². The fourth-order valence-corrected chi connectivity index (χ4v) is 2.00. The maximum atomic E-state index is 6.06. The minimum absolute atomic E-state index is 0.257. The van der Waals surface area contributed by atoms with Crippen LogP contribution in [0.1, 0.15) is 11.1 Å². The summed E-state index contributed by atoms with van der Waals surface area (Å²) in [7, 11) is 0. The van der Waals surface area contributed by atoms with E-state index in [4.69, 9.17) is 33.8 Å². The highest BCUT2D eigenvalue weighted by Crippen LogP contribution is 2.34. The summed E-state index contributed by atoms with van der Waals surface area (Å²) in [4.78, 5) is 4.13. The molecule has 1 heterocycles. The van der Waals surface area contributed by atoms with Crippen molar-refractivity contribution in [2.24, 2.45) is 5.84 Å². The van der Waals surface area contributed by atoms with Crippen molar-refractivity contribution in [2.45, 2.75) is 13.8 Å². The van der Waals surface area contributed by atoms with Gasteiger partial charge >= 0.3 is 0 Å². The first-order valence-corrected chi connectivity index (χ1v) is 6.34. The van der Waals surface area contributed by atoms with Crippen molar-refractivity contribution in [1.82, 2.24) is 4.98 Å². The summed E-state index contributed by atoms with van der Waals surface area (Å²) < 4.78 is 5.72. The van der Waals surface area contributed by atoms with E-state index >= 15 is 0 Å². The Bertz CT molecular complexity index is 617. The zero-order valence-electron chi connectivity index (χ0n) is 10.5. The standard InChI is InChI=1S/C13H13Cl2N3O/c1-7-3-4-8(2)11(5-7)19-13-10(15)6-9(14)12(17-13)18-16/h3-6H,16H2,1-2H3,(H,17,18). The lowest BCUT2D eigenvalue weighted by Crippen LogP contribution is -2.09. The summed E-state index contributed by atoms with van der Waals surface area (Å²) in [6.07, 6.45) is 0. The van der Waals surface area contributed by atoms with Gasteiger partial charge in [0.05, 0.1) is 5.02 Å². The zero-order chi connectivity index (χ0) is 14.0. The largest absolute Gasteiger partial charge is 0.437 e. The molecular formula is C13H13Cl2N3O. The highest BCUT2D eigenvalue weighted by atomic mass is 35.5. The molecule has 4 nitrogen and oxygen atoms in total. The number of nitrogens with one attached hydrogen (secondary N) is 1. The van der Waals surface area contributed by atoms with Crippen LogP contribution in [0.3, 0.4) is 0 Å². The van der Waals surface area contributed by atoms with E-state index in [-0.39, 0.29) is 5.88 Å². The number of pyridine rings is 1. The van der Waals surface area contributed by atoms with Crippen molar-refractivity contribution in [3.63, 3.8) is 0 Å². The Morgan fingerprint density at radius 1 is 1.16 bits per heavy atom. The first-order valence-electron chi connectivity index (χ1n) is 5.59. The Morgan fingerprint density at radius 2 is 1.89 bits per heavy atom. The Morgan fingerprint density at radius 3 is 2.58 bits per heavy atom. The molecule has 2 aromatic rings. The van der Waals surface area contributed by atoms with E-state index < -0.39 is 0 Å². The average Bonchev–Trinajstić information content (AvgIpc) is 2.37. The van der Waals surface area contributed by atoms with Crippen LogP contribution in [0.15, 0.2) is 24.3 Å². The van der Waals surface area contributed by atoms with E-state index in [1.165, 1.54) is 6.07 Å². The van der Waals surface area contributed by atoms with Gasteiger partial charge in [0, 0.05) is 0 Å². The third kappa shape index (κ3) is 3.10. The van der Waals surface area contributed by atoms with Crippen molar-refractivity contribution in [1.29, 1.82) is 0 Å². The molecular weight excluding hydrogens is 285 g/mol. The highest BCUT2D eigenvalue weighted by Gasteiger charge is 2.12. The van der Waals surface area contributed by atoms with E-state index in [1.54, 1.807) is 0 Å². The fraction of sp³-hybridized carbons (Fsp3) is 0.154. The molecule has 19 heavy (non-hydrogen) atoms. The van der Waals surface area contributed by atoms with Gasteiger partial charge in [0.1, 0.15) is 10.8 Å². The Labute approximate surface area is 121 Å². The molecule has 6 heteroatoms. The predicted molar refractivity (Wildman–Crippen MR) is 78.1 cm³/mol. The molecule has 0 aliphatic rings. The molecule has 0 unspecified atom stereocenters. The van der Waals surface area contributed by atoms with Gasteiger partial charge < -0.3 is 10.2 Å². The number of halogens is 2. The van der Waals surface area contributed by atoms with Crippen LogP contribution in [0, 0.1) is 13.8 Å². The number of aromatic nitrogens is 1. The minimum atomic E-state index is 0.257. The third-order valence-corrected chi connectivity index (χ3v) is 3.14. The van der Waals surface area contributed by atoms with Crippen LogP contribution >= 0.6 is 23.2 Å². The Balaban J connectivity index is 2.40. The average molecular weight is 298 g/mol. The number of ether oxygens (including phenoxy) is 1. The Hall–Kier alpha value is -1.49. The molecule has 100 valence electrons. The highest BCUT2D eigenvalue weighted by molar-refractivity contribution is 6.36. The number of hydrogen-bond donors (Lipinski definition) is 2. The zero-order valence-corrected chi connectivity index (χ0v) is 12.0. The van der Waals surface area contributed by atoms with Gasteiger partial charge in [-0.2, -0.15) is 4.98 Å². The second-order valence-electron chi connectivity index (χ2n) is 4.12. The molecule has 0 fully saturated rings. The predicted octanol–water partition coefficient (Wildman–Crippen LogP) is 4.08. The number of rotatable bonds is 3. The van der Waals surface area contributed by atoms with Gasteiger partial charge in [0.25, 0.3) is 0 Å². The van der Waals surface area contributed by atoms with Gasteiger partial charge in [-0.1, -0.05) is 35.3 Å². The molecule has 1 aromatic carbocycles. The number of nitrogens with two attached hydrogens (primary N) is 1. The number of hydrazine groups is 1. The molecule has 0 atom stereocenters. The topological polar surface area (TPSA) is 60.2 Å².